The molecule has 1 aliphatic heterocycles. The summed E-state index contributed by atoms with van der Waals surface area (Å²) in [5.41, 5.74) is 3.29. The molecule has 2 aliphatic rings. The van der Waals surface area contributed by atoms with Crippen molar-refractivity contribution in [3.05, 3.63) is 29.3 Å². The number of hydrogen-bond acceptors (Lipinski definition) is 3. The van der Waals surface area contributed by atoms with Crippen LogP contribution in [0.4, 0.5) is 10.5 Å². The predicted octanol–water partition coefficient (Wildman–Crippen LogP) is 1.79. The average molecular weight is 304 g/mol. The van der Waals surface area contributed by atoms with Crippen molar-refractivity contribution >= 4 is 17.7 Å². The third kappa shape index (κ3) is 3.22. The molecule has 0 unspecified atom stereocenters. The Morgan fingerprint density at radius 3 is 2.82 bits per heavy atom. The zero-order valence-electron chi connectivity index (χ0n) is 12.3. The normalized spacial score (nSPS) is 21.2. The van der Waals surface area contributed by atoms with Gasteiger partial charge in [0.2, 0.25) is 0 Å². The molecule has 3 rings (SSSR count). The number of rotatable bonds is 4. The Morgan fingerprint density at radius 1 is 1.27 bits per heavy atom. The van der Waals surface area contributed by atoms with E-state index >= 15 is 0 Å². The van der Waals surface area contributed by atoms with Crippen molar-refractivity contribution in [3.8, 4) is 0 Å². The number of carboxylic acid groups (broad SMARTS) is 1. The molecule has 1 aliphatic carbocycles. The van der Waals surface area contributed by atoms with E-state index in [1.807, 2.05) is 18.2 Å². The summed E-state index contributed by atoms with van der Waals surface area (Å²) in [6, 6.07) is 4.44. The fraction of sp³-hybridized carbons (Fsp3) is 0.500. The summed E-state index contributed by atoms with van der Waals surface area (Å²) in [7, 11) is 0. The summed E-state index contributed by atoms with van der Waals surface area (Å²) in [5, 5.41) is 14.5. The Hall–Kier alpha value is -2.08. The molecule has 1 fully saturated rings. The maximum absolute atomic E-state index is 12.1. The van der Waals surface area contributed by atoms with Crippen LogP contribution in [0.5, 0.6) is 0 Å². The van der Waals surface area contributed by atoms with Crippen molar-refractivity contribution in [1.82, 2.24) is 5.32 Å². The molecule has 1 aromatic rings. The molecule has 3 N–H and O–H groups in total. The second kappa shape index (κ2) is 6.36. The number of amides is 2. The monoisotopic (exact) mass is 304 g/mol. The van der Waals surface area contributed by atoms with Gasteiger partial charge >= 0.3 is 12.0 Å². The fourth-order valence-corrected chi connectivity index (χ4v) is 3.15. The number of benzene rings is 1. The minimum absolute atomic E-state index is 0.178. The first-order valence-corrected chi connectivity index (χ1v) is 7.63. The minimum atomic E-state index is -1.03. The summed E-state index contributed by atoms with van der Waals surface area (Å²) in [6.07, 6.45) is 3.91. The first-order valence-electron chi connectivity index (χ1n) is 7.63. The lowest BCUT2D eigenvalue weighted by atomic mass is 9.99. The fourth-order valence-electron chi connectivity index (χ4n) is 3.15. The van der Waals surface area contributed by atoms with Crippen molar-refractivity contribution < 1.29 is 19.4 Å². The maximum Gasteiger partial charge on any atom is 0.326 e. The highest BCUT2D eigenvalue weighted by Gasteiger charge is 2.32. The molecule has 1 aromatic carbocycles. The zero-order valence-corrected chi connectivity index (χ0v) is 12.3. The number of hydrogen-bond donors (Lipinski definition) is 3. The molecule has 0 radical (unpaired) electrons. The molecule has 6 nitrogen and oxygen atoms in total. The van der Waals surface area contributed by atoms with Gasteiger partial charge in [0.1, 0.15) is 6.04 Å². The summed E-state index contributed by atoms with van der Waals surface area (Å²) in [5.74, 6) is -1.21. The summed E-state index contributed by atoms with van der Waals surface area (Å²) in [6.45, 7) is 0.915. The standard InChI is InChI=1S/C16H20N2O4/c19-15(20)14(12-6-7-22-9-12)18-16(21)17-13-5-4-10-2-1-3-11(10)8-13/h4-5,8,12,14H,1-3,6-7,9H2,(H,19,20)(H2,17,18,21)/t12-,14-/m0/s1. The smallest absolute Gasteiger partial charge is 0.326 e. The van der Waals surface area contributed by atoms with E-state index in [1.54, 1.807) is 0 Å². The molecular formula is C16H20N2O4. The second-order valence-electron chi connectivity index (χ2n) is 5.88. The van der Waals surface area contributed by atoms with Gasteiger partial charge in [-0.05, 0) is 48.9 Å². The van der Waals surface area contributed by atoms with E-state index in [0.29, 0.717) is 25.3 Å². The van der Waals surface area contributed by atoms with Gasteiger partial charge in [0.25, 0.3) is 0 Å². The van der Waals surface area contributed by atoms with Crippen LogP contribution in [-0.4, -0.2) is 36.4 Å². The third-order valence-corrected chi connectivity index (χ3v) is 4.35. The summed E-state index contributed by atoms with van der Waals surface area (Å²) >= 11 is 0. The molecule has 0 bridgehead atoms. The molecule has 6 heteroatoms. The first kappa shape index (κ1) is 14.8. The number of aryl methyl sites for hydroxylation is 2. The van der Waals surface area contributed by atoms with E-state index in [2.05, 4.69) is 10.6 Å². The van der Waals surface area contributed by atoms with E-state index in [4.69, 9.17) is 4.74 Å². The Labute approximate surface area is 128 Å². The summed E-state index contributed by atoms with van der Waals surface area (Å²) < 4.78 is 5.20. The lowest BCUT2D eigenvalue weighted by Crippen LogP contribution is -2.47. The van der Waals surface area contributed by atoms with Crippen molar-refractivity contribution in [2.75, 3.05) is 18.5 Å². The molecule has 0 aromatic heterocycles. The molecular weight excluding hydrogens is 284 g/mol. The third-order valence-electron chi connectivity index (χ3n) is 4.35. The van der Waals surface area contributed by atoms with Gasteiger partial charge in [0.05, 0.1) is 6.61 Å². The number of nitrogens with one attached hydrogen (secondary N) is 2. The highest BCUT2D eigenvalue weighted by atomic mass is 16.5. The highest BCUT2D eigenvalue weighted by Crippen LogP contribution is 2.25. The minimum Gasteiger partial charge on any atom is -0.480 e. The van der Waals surface area contributed by atoms with Gasteiger partial charge < -0.3 is 20.5 Å². The number of carboxylic acids is 1. The van der Waals surface area contributed by atoms with Crippen LogP contribution in [0.2, 0.25) is 0 Å². The van der Waals surface area contributed by atoms with Gasteiger partial charge in [0.15, 0.2) is 0 Å². The second-order valence-corrected chi connectivity index (χ2v) is 5.88. The molecule has 0 spiro atoms. The lowest BCUT2D eigenvalue weighted by Gasteiger charge is -2.20. The van der Waals surface area contributed by atoms with Crippen LogP contribution >= 0.6 is 0 Å². The molecule has 1 heterocycles. The number of ether oxygens (including phenoxy) is 1. The number of aliphatic carboxylic acids is 1. The van der Waals surface area contributed by atoms with Gasteiger partial charge in [-0.1, -0.05) is 6.07 Å². The van der Waals surface area contributed by atoms with E-state index in [0.717, 1.165) is 19.3 Å². The van der Waals surface area contributed by atoms with E-state index in [1.165, 1.54) is 11.1 Å². The average Bonchev–Trinajstić information content (AvgIpc) is 3.15. The number of anilines is 1. The Morgan fingerprint density at radius 2 is 2.09 bits per heavy atom. The van der Waals surface area contributed by atoms with Crippen molar-refractivity contribution in [2.24, 2.45) is 5.92 Å². The van der Waals surface area contributed by atoms with Crippen molar-refractivity contribution in [2.45, 2.75) is 31.7 Å². The van der Waals surface area contributed by atoms with E-state index in [-0.39, 0.29) is 5.92 Å². The van der Waals surface area contributed by atoms with Crippen LogP contribution in [-0.2, 0) is 22.4 Å². The van der Waals surface area contributed by atoms with Gasteiger partial charge in [-0.3, -0.25) is 0 Å². The van der Waals surface area contributed by atoms with Gasteiger partial charge in [0, 0.05) is 18.2 Å². The van der Waals surface area contributed by atoms with Gasteiger partial charge in [-0.15, -0.1) is 0 Å². The topological polar surface area (TPSA) is 87.7 Å². The maximum atomic E-state index is 12.1. The van der Waals surface area contributed by atoms with Crippen LogP contribution in [0.1, 0.15) is 24.0 Å². The van der Waals surface area contributed by atoms with Crippen LogP contribution in [0, 0.1) is 5.92 Å². The van der Waals surface area contributed by atoms with Gasteiger partial charge in [-0.25, -0.2) is 9.59 Å². The van der Waals surface area contributed by atoms with E-state index in [9.17, 15) is 14.7 Å². The van der Waals surface area contributed by atoms with Crippen LogP contribution in [0.15, 0.2) is 18.2 Å². The van der Waals surface area contributed by atoms with Crippen LogP contribution in [0.25, 0.3) is 0 Å². The van der Waals surface area contributed by atoms with Crippen LogP contribution < -0.4 is 10.6 Å². The predicted molar refractivity (Wildman–Crippen MR) is 81.0 cm³/mol. The molecule has 1 saturated heterocycles. The van der Waals surface area contributed by atoms with E-state index < -0.39 is 18.0 Å². The first-order chi connectivity index (χ1) is 10.6. The number of urea groups is 1. The zero-order chi connectivity index (χ0) is 15.5. The van der Waals surface area contributed by atoms with Crippen LogP contribution in [0.3, 0.4) is 0 Å². The number of carbonyl (C=O) groups is 2. The van der Waals surface area contributed by atoms with Crippen molar-refractivity contribution in [3.63, 3.8) is 0 Å². The lowest BCUT2D eigenvalue weighted by molar-refractivity contribution is -0.140. The molecule has 22 heavy (non-hydrogen) atoms. The number of fused-ring (bicyclic) bond motifs is 1. The van der Waals surface area contributed by atoms with Gasteiger partial charge in [-0.2, -0.15) is 0 Å². The van der Waals surface area contributed by atoms with Crippen molar-refractivity contribution in [1.29, 1.82) is 0 Å². The molecule has 2 atom stereocenters. The molecule has 0 saturated carbocycles. The Kier molecular flexibility index (Phi) is 4.29. The highest BCUT2D eigenvalue weighted by molar-refractivity contribution is 5.92. The SMILES string of the molecule is O=C(Nc1ccc2c(c1)CCC2)N[C@H](C(=O)O)[C@H]1CCOC1. The largest absolute Gasteiger partial charge is 0.480 e. The summed E-state index contributed by atoms with van der Waals surface area (Å²) in [4.78, 5) is 23.4. The molecule has 2 amide bonds. The molecule has 118 valence electrons. The number of carbonyl (C=O) groups excluding carboxylic acids is 1. The Bertz CT molecular complexity index is 582. The Balaban J connectivity index is 1.62. The quantitative estimate of drug-likeness (QED) is 0.791.